The van der Waals surface area contributed by atoms with E-state index in [-0.39, 0.29) is 12.1 Å². The maximum Gasteiger partial charge on any atom is 0.346 e. The molecule has 1 aliphatic rings. The summed E-state index contributed by atoms with van der Waals surface area (Å²) < 4.78 is 5.82. The number of carboxylic acids is 1. The monoisotopic (exact) mass is 349 g/mol. The van der Waals surface area contributed by atoms with Crippen molar-refractivity contribution in [1.29, 1.82) is 0 Å². The van der Waals surface area contributed by atoms with Gasteiger partial charge in [0.1, 0.15) is 0 Å². The van der Waals surface area contributed by atoms with E-state index >= 15 is 0 Å². The number of hydrogen-bond donors (Lipinski definition) is 2. The minimum Gasteiger partial charge on any atom is -0.478 e. The Kier molecular flexibility index (Phi) is 5.27. The Labute approximate surface area is 153 Å². The Morgan fingerprint density at radius 1 is 1.12 bits per heavy atom. The summed E-state index contributed by atoms with van der Waals surface area (Å²) in [5.41, 5.74) is 2.55. The second kappa shape index (κ2) is 7.78. The van der Waals surface area contributed by atoms with Crippen LogP contribution in [0.15, 0.2) is 77.4 Å². The van der Waals surface area contributed by atoms with E-state index in [0.717, 1.165) is 16.8 Å². The summed E-state index contributed by atoms with van der Waals surface area (Å²) in [5, 5.41) is 12.9. The average molecular weight is 349 g/mol. The first kappa shape index (κ1) is 17.6. The zero-order valence-corrected chi connectivity index (χ0v) is 14.5. The van der Waals surface area contributed by atoms with Crippen LogP contribution < -0.4 is 5.32 Å². The number of ether oxygens (including phenoxy) is 1. The largest absolute Gasteiger partial charge is 0.478 e. The fourth-order valence-corrected chi connectivity index (χ4v) is 3.02. The van der Waals surface area contributed by atoms with Crippen LogP contribution in [0.2, 0.25) is 0 Å². The molecule has 5 nitrogen and oxygen atoms in total. The Morgan fingerprint density at radius 3 is 2.12 bits per heavy atom. The summed E-state index contributed by atoms with van der Waals surface area (Å²) in [5.74, 6) is -1.53. The van der Waals surface area contributed by atoms with E-state index in [1.807, 2.05) is 73.7 Å². The number of amidine groups is 1. The third kappa shape index (κ3) is 4.06. The summed E-state index contributed by atoms with van der Waals surface area (Å²) >= 11 is 0. The number of hydrogen-bond acceptors (Lipinski definition) is 4. The first-order valence-corrected chi connectivity index (χ1v) is 8.40. The third-order valence-corrected chi connectivity index (χ3v) is 4.13. The van der Waals surface area contributed by atoms with Crippen LogP contribution >= 0.6 is 0 Å². The minimum absolute atomic E-state index is 0.175. The minimum atomic E-state index is -1.14. The van der Waals surface area contributed by atoms with Gasteiger partial charge in [-0.15, -0.1) is 0 Å². The standard InChI is InChI=1S/C21H20N2O3/c1-14-13-15(2)23-21(22-14)26-19(20(24)25)18(16-9-5-3-6-10-16)17-11-7-4-8-12-17/h3-14,18-19H,1H2,2H3,(H-,22,23,24,25)/p+1. The molecule has 0 aliphatic carbocycles. The number of aliphatic carboxylic acids is 1. The highest BCUT2D eigenvalue weighted by atomic mass is 16.5. The fraction of sp³-hybridized carbons (Fsp3) is 0.190. The molecular formula is C21H21N2O3+. The van der Waals surface area contributed by atoms with Gasteiger partial charge in [0.25, 0.3) is 6.02 Å². The molecule has 2 atom stereocenters. The van der Waals surface area contributed by atoms with Crippen molar-refractivity contribution in [2.24, 2.45) is 4.99 Å². The van der Waals surface area contributed by atoms with Crippen LogP contribution in [0.3, 0.4) is 0 Å². The molecule has 3 rings (SSSR count). The molecule has 132 valence electrons. The fourth-order valence-electron chi connectivity index (χ4n) is 3.02. The first-order chi connectivity index (χ1) is 12.5. The number of allylic oxidation sites excluding steroid dienone is 1. The Bertz CT molecular complexity index is 776. The van der Waals surface area contributed by atoms with E-state index in [9.17, 15) is 9.90 Å². The van der Waals surface area contributed by atoms with Crippen LogP contribution in [-0.2, 0) is 9.53 Å². The maximum atomic E-state index is 12.1. The number of nitrogens with zero attached hydrogens (tertiary/aromatic N) is 1. The van der Waals surface area contributed by atoms with Crippen molar-refractivity contribution in [3.63, 3.8) is 0 Å². The predicted molar refractivity (Wildman–Crippen MR) is 101 cm³/mol. The first-order valence-electron chi connectivity index (χ1n) is 8.40. The summed E-state index contributed by atoms with van der Waals surface area (Å²) in [6, 6.07) is 18.8. The second-order valence-corrected chi connectivity index (χ2v) is 6.15. The number of carboxylic acid groups (broad SMARTS) is 1. The predicted octanol–water partition coefficient (Wildman–Crippen LogP) is 3.35. The molecule has 0 fully saturated rings. The third-order valence-electron chi connectivity index (χ3n) is 4.13. The van der Waals surface area contributed by atoms with Gasteiger partial charge in [0.2, 0.25) is 12.1 Å². The molecule has 2 unspecified atom stereocenters. The van der Waals surface area contributed by atoms with E-state index in [4.69, 9.17) is 4.74 Å². The highest BCUT2D eigenvalue weighted by molar-refractivity contribution is 5.83. The molecule has 0 bridgehead atoms. The van der Waals surface area contributed by atoms with E-state index in [1.165, 1.54) is 0 Å². The Hall–Kier alpha value is -3.21. The van der Waals surface area contributed by atoms with Gasteiger partial charge < -0.3 is 15.2 Å². The molecule has 0 saturated heterocycles. The van der Waals surface area contributed by atoms with Gasteiger partial charge in [-0.2, -0.15) is 4.99 Å². The SMILES string of the molecule is [CH2+]C1C=C(C)NC(OC(C(=O)O)C(c2ccccc2)c2ccccc2)=N1. The average Bonchev–Trinajstić information content (AvgIpc) is 2.62. The normalized spacial score (nSPS) is 17.7. The Balaban J connectivity index is 1.98. The molecule has 0 radical (unpaired) electrons. The lowest BCUT2D eigenvalue weighted by Crippen LogP contribution is -2.40. The summed E-state index contributed by atoms with van der Waals surface area (Å²) in [6.07, 6.45) is 0.707. The van der Waals surface area contributed by atoms with Crippen molar-refractivity contribution >= 4 is 12.0 Å². The summed E-state index contributed by atoms with van der Waals surface area (Å²) in [4.78, 5) is 16.3. The van der Waals surface area contributed by atoms with Crippen molar-refractivity contribution in [1.82, 2.24) is 5.32 Å². The van der Waals surface area contributed by atoms with Gasteiger partial charge in [-0.25, -0.2) is 4.79 Å². The summed E-state index contributed by atoms with van der Waals surface area (Å²) in [7, 11) is 0. The molecule has 2 aromatic carbocycles. The molecule has 0 spiro atoms. The molecular weight excluding hydrogens is 328 g/mol. The molecule has 0 saturated carbocycles. The lowest BCUT2D eigenvalue weighted by molar-refractivity contribution is -0.146. The zero-order valence-electron chi connectivity index (χ0n) is 14.5. The highest BCUT2D eigenvalue weighted by Gasteiger charge is 2.34. The van der Waals surface area contributed by atoms with Gasteiger partial charge in [-0.3, -0.25) is 0 Å². The van der Waals surface area contributed by atoms with Gasteiger partial charge >= 0.3 is 5.97 Å². The molecule has 5 heteroatoms. The van der Waals surface area contributed by atoms with Gasteiger partial charge in [0.15, 0.2) is 0 Å². The smallest absolute Gasteiger partial charge is 0.346 e. The van der Waals surface area contributed by atoms with Gasteiger partial charge in [0, 0.05) is 11.8 Å². The number of rotatable bonds is 5. The number of aliphatic imine (C=N–C) groups is 1. The van der Waals surface area contributed by atoms with E-state index in [2.05, 4.69) is 17.2 Å². The van der Waals surface area contributed by atoms with Crippen molar-refractivity contribution in [2.75, 3.05) is 0 Å². The number of carbonyl (C=O) groups is 1. The van der Waals surface area contributed by atoms with Crippen LogP contribution in [0.5, 0.6) is 0 Å². The van der Waals surface area contributed by atoms with Gasteiger partial charge in [-0.05, 0) is 18.1 Å². The lowest BCUT2D eigenvalue weighted by atomic mass is 9.86. The molecule has 26 heavy (non-hydrogen) atoms. The van der Waals surface area contributed by atoms with E-state index in [0.29, 0.717) is 0 Å². The van der Waals surface area contributed by atoms with E-state index in [1.54, 1.807) is 0 Å². The quantitative estimate of drug-likeness (QED) is 0.812. The topological polar surface area (TPSA) is 70.9 Å². The zero-order chi connectivity index (χ0) is 18.5. The number of benzene rings is 2. The van der Waals surface area contributed by atoms with Crippen molar-refractivity contribution < 1.29 is 14.6 Å². The van der Waals surface area contributed by atoms with Crippen molar-refractivity contribution in [3.8, 4) is 0 Å². The maximum absolute atomic E-state index is 12.1. The highest BCUT2D eigenvalue weighted by Crippen LogP contribution is 2.30. The molecule has 0 aromatic heterocycles. The Morgan fingerprint density at radius 2 is 1.65 bits per heavy atom. The van der Waals surface area contributed by atoms with Crippen molar-refractivity contribution in [3.05, 3.63) is 90.5 Å². The molecule has 0 amide bonds. The molecule has 2 N–H and O–H groups in total. The summed E-state index contributed by atoms with van der Waals surface area (Å²) in [6.45, 7) is 5.74. The van der Waals surface area contributed by atoms with E-state index < -0.39 is 18.0 Å². The van der Waals surface area contributed by atoms with Crippen LogP contribution in [-0.4, -0.2) is 29.2 Å². The van der Waals surface area contributed by atoms with Crippen LogP contribution in [0.1, 0.15) is 24.0 Å². The van der Waals surface area contributed by atoms with Crippen LogP contribution in [0.4, 0.5) is 0 Å². The van der Waals surface area contributed by atoms with Gasteiger partial charge in [-0.1, -0.05) is 60.7 Å². The van der Waals surface area contributed by atoms with Crippen LogP contribution in [0, 0.1) is 6.92 Å². The van der Waals surface area contributed by atoms with Crippen LogP contribution in [0.25, 0.3) is 0 Å². The molecule has 2 aromatic rings. The molecule has 1 aliphatic heterocycles. The van der Waals surface area contributed by atoms with Gasteiger partial charge in [0.05, 0.1) is 12.8 Å². The lowest BCUT2D eigenvalue weighted by Gasteiger charge is -2.27. The second-order valence-electron chi connectivity index (χ2n) is 6.15. The number of nitrogens with one attached hydrogen (secondary N) is 1. The molecule has 1 heterocycles. The van der Waals surface area contributed by atoms with Crippen molar-refractivity contribution in [2.45, 2.75) is 25.0 Å².